The summed E-state index contributed by atoms with van der Waals surface area (Å²) in [4.78, 5) is 12.5. The van der Waals surface area contributed by atoms with Crippen molar-refractivity contribution in [1.82, 2.24) is 5.32 Å². The molecule has 0 heterocycles. The van der Waals surface area contributed by atoms with Gasteiger partial charge in [-0.25, -0.2) is 0 Å². The molecule has 0 fully saturated rings. The van der Waals surface area contributed by atoms with E-state index in [4.69, 9.17) is 11.6 Å². The second-order valence-electron chi connectivity index (χ2n) is 5.63. The van der Waals surface area contributed by atoms with Gasteiger partial charge >= 0.3 is 0 Å². The number of hydrogen-bond acceptors (Lipinski definition) is 1. The van der Waals surface area contributed by atoms with E-state index in [2.05, 4.69) is 5.32 Å². The van der Waals surface area contributed by atoms with Crippen molar-refractivity contribution < 1.29 is 4.79 Å². The molecule has 0 aromatic heterocycles. The summed E-state index contributed by atoms with van der Waals surface area (Å²) in [5.74, 6) is 0.502. The second-order valence-corrected chi connectivity index (χ2v) is 5.89. The quantitative estimate of drug-likeness (QED) is 0.830. The molecule has 0 aliphatic rings. The first-order valence-electron chi connectivity index (χ1n) is 7.01. The summed E-state index contributed by atoms with van der Waals surface area (Å²) in [6.45, 7) is 4.39. The largest absolute Gasteiger partial charge is 0.351 e. The standard InChI is InChI=1S/C18H20ClNO/c1-18(2,16-9-4-3-5-10-16)17(21)20-13-15-8-6-7-14(11-15)12-19/h3-11H,12-13H2,1-2H3,(H,20,21). The van der Waals surface area contributed by atoms with Crippen LogP contribution in [0.2, 0.25) is 0 Å². The molecular weight excluding hydrogens is 282 g/mol. The van der Waals surface area contributed by atoms with Gasteiger partial charge in [0.05, 0.1) is 5.41 Å². The molecular formula is C18H20ClNO. The molecule has 2 aromatic carbocycles. The fourth-order valence-electron chi connectivity index (χ4n) is 2.21. The third kappa shape index (κ3) is 3.85. The van der Waals surface area contributed by atoms with E-state index in [9.17, 15) is 4.79 Å². The Bertz CT molecular complexity index is 608. The fourth-order valence-corrected chi connectivity index (χ4v) is 2.38. The zero-order chi connectivity index (χ0) is 15.3. The molecule has 1 N–H and O–H groups in total. The molecule has 1 amide bonds. The van der Waals surface area contributed by atoms with Gasteiger partial charge in [0.1, 0.15) is 0 Å². The van der Waals surface area contributed by atoms with Crippen LogP contribution in [0, 0.1) is 0 Å². The molecule has 0 saturated heterocycles. The Balaban J connectivity index is 2.04. The lowest BCUT2D eigenvalue weighted by Crippen LogP contribution is -2.39. The van der Waals surface area contributed by atoms with Gasteiger partial charge in [-0.1, -0.05) is 54.6 Å². The number of rotatable bonds is 5. The van der Waals surface area contributed by atoms with E-state index in [-0.39, 0.29) is 5.91 Å². The van der Waals surface area contributed by atoms with Crippen molar-refractivity contribution in [2.45, 2.75) is 31.7 Å². The summed E-state index contributed by atoms with van der Waals surface area (Å²) in [5, 5.41) is 3.01. The zero-order valence-electron chi connectivity index (χ0n) is 12.4. The second kappa shape index (κ2) is 6.77. The summed E-state index contributed by atoms with van der Waals surface area (Å²) in [6, 6.07) is 17.8. The first kappa shape index (κ1) is 15.6. The minimum Gasteiger partial charge on any atom is -0.351 e. The van der Waals surface area contributed by atoms with Gasteiger partial charge in [0.15, 0.2) is 0 Å². The summed E-state index contributed by atoms with van der Waals surface area (Å²) >= 11 is 5.83. The molecule has 0 aliphatic heterocycles. The number of carbonyl (C=O) groups excluding carboxylic acids is 1. The van der Waals surface area contributed by atoms with Crippen molar-refractivity contribution in [1.29, 1.82) is 0 Å². The lowest BCUT2D eigenvalue weighted by atomic mass is 9.84. The van der Waals surface area contributed by atoms with Gasteiger partial charge in [0.25, 0.3) is 0 Å². The molecule has 2 rings (SSSR count). The molecule has 21 heavy (non-hydrogen) atoms. The van der Waals surface area contributed by atoms with Crippen molar-refractivity contribution >= 4 is 17.5 Å². The normalized spacial score (nSPS) is 11.2. The Morgan fingerprint density at radius 1 is 1.05 bits per heavy atom. The number of halogens is 1. The van der Waals surface area contributed by atoms with Crippen LogP contribution in [0.25, 0.3) is 0 Å². The molecule has 2 nitrogen and oxygen atoms in total. The van der Waals surface area contributed by atoms with E-state index < -0.39 is 5.41 Å². The number of amides is 1. The molecule has 110 valence electrons. The molecule has 0 atom stereocenters. The highest BCUT2D eigenvalue weighted by Gasteiger charge is 2.29. The monoisotopic (exact) mass is 301 g/mol. The summed E-state index contributed by atoms with van der Waals surface area (Å²) in [5.41, 5.74) is 2.58. The Labute approximate surface area is 131 Å². The fraction of sp³-hybridized carbons (Fsp3) is 0.278. The van der Waals surface area contributed by atoms with Gasteiger partial charge < -0.3 is 5.32 Å². The minimum absolute atomic E-state index is 0.0185. The summed E-state index contributed by atoms with van der Waals surface area (Å²) in [7, 11) is 0. The van der Waals surface area contributed by atoms with Crippen LogP contribution in [0.15, 0.2) is 54.6 Å². The van der Waals surface area contributed by atoms with Crippen molar-refractivity contribution in [3.8, 4) is 0 Å². The Kier molecular flexibility index (Phi) is 5.03. The topological polar surface area (TPSA) is 29.1 Å². The molecule has 0 spiro atoms. The van der Waals surface area contributed by atoms with Gasteiger partial charge in [-0.05, 0) is 30.5 Å². The van der Waals surface area contributed by atoms with Crippen LogP contribution < -0.4 is 5.32 Å². The van der Waals surface area contributed by atoms with Crippen molar-refractivity contribution in [2.75, 3.05) is 0 Å². The number of carbonyl (C=O) groups is 1. The molecule has 0 saturated carbocycles. The maximum absolute atomic E-state index is 12.5. The van der Waals surface area contributed by atoms with Gasteiger partial charge in [0, 0.05) is 12.4 Å². The maximum Gasteiger partial charge on any atom is 0.230 e. The summed E-state index contributed by atoms with van der Waals surface area (Å²) < 4.78 is 0. The Hall–Kier alpha value is -1.80. The third-order valence-electron chi connectivity index (χ3n) is 3.66. The predicted molar refractivity (Wildman–Crippen MR) is 87.3 cm³/mol. The first-order valence-corrected chi connectivity index (χ1v) is 7.55. The highest BCUT2D eigenvalue weighted by atomic mass is 35.5. The molecule has 0 bridgehead atoms. The molecule has 0 aliphatic carbocycles. The van der Waals surface area contributed by atoms with E-state index in [1.54, 1.807) is 0 Å². The molecule has 0 radical (unpaired) electrons. The van der Waals surface area contributed by atoms with Crippen molar-refractivity contribution in [2.24, 2.45) is 0 Å². The minimum atomic E-state index is -0.550. The first-order chi connectivity index (χ1) is 10.0. The molecule has 3 heteroatoms. The van der Waals surface area contributed by atoms with Crippen molar-refractivity contribution in [3.05, 3.63) is 71.3 Å². The average molecular weight is 302 g/mol. The van der Waals surface area contributed by atoms with E-state index in [0.717, 1.165) is 16.7 Å². The zero-order valence-corrected chi connectivity index (χ0v) is 13.2. The number of nitrogens with one attached hydrogen (secondary N) is 1. The van der Waals surface area contributed by atoms with E-state index in [1.807, 2.05) is 68.4 Å². The molecule has 0 unspecified atom stereocenters. The average Bonchev–Trinajstić information content (AvgIpc) is 2.53. The Morgan fingerprint density at radius 2 is 1.71 bits per heavy atom. The van der Waals surface area contributed by atoms with Crippen LogP contribution in [-0.4, -0.2) is 5.91 Å². The van der Waals surface area contributed by atoms with Crippen LogP contribution in [0.1, 0.15) is 30.5 Å². The van der Waals surface area contributed by atoms with Crippen LogP contribution in [-0.2, 0) is 22.6 Å². The highest BCUT2D eigenvalue weighted by molar-refractivity contribution is 6.17. The Morgan fingerprint density at radius 3 is 2.38 bits per heavy atom. The van der Waals surface area contributed by atoms with E-state index in [1.165, 1.54) is 0 Å². The third-order valence-corrected chi connectivity index (χ3v) is 3.97. The predicted octanol–water partition coefficient (Wildman–Crippen LogP) is 4.02. The highest BCUT2D eigenvalue weighted by Crippen LogP contribution is 2.23. The number of benzene rings is 2. The van der Waals surface area contributed by atoms with Gasteiger partial charge in [-0.2, -0.15) is 0 Å². The van der Waals surface area contributed by atoms with Crippen LogP contribution in [0.4, 0.5) is 0 Å². The molecule has 2 aromatic rings. The number of hydrogen-bond donors (Lipinski definition) is 1. The summed E-state index contributed by atoms with van der Waals surface area (Å²) in [6.07, 6.45) is 0. The van der Waals surface area contributed by atoms with E-state index >= 15 is 0 Å². The van der Waals surface area contributed by atoms with Gasteiger partial charge in [0.2, 0.25) is 5.91 Å². The van der Waals surface area contributed by atoms with Gasteiger partial charge in [-0.3, -0.25) is 4.79 Å². The van der Waals surface area contributed by atoms with Gasteiger partial charge in [-0.15, -0.1) is 11.6 Å². The lowest BCUT2D eigenvalue weighted by Gasteiger charge is -2.24. The SMILES string of the molecule is CC(C)(C(=O)NCc1cccc(CCl)c1)c1ccccc1. The lowest BCUT2D eigenvalue weighted by molar-refractivity contribution is -0.125. The maximum atomic E-state index is 12.5. The smallest absolute Gasteiger partial charge is 0.230 e. The van der Waals surface area contributed by atoms with E-state index in [0.29, 0.717) is 12.4 Å². The van der Waals surface area contributed by atoms with Crippen LogP contribution in [0.5, 0.6) is 0 Å². The number of alkyl halides is 1. The van der Waals surface area contributed by atoms with Crippen molar-refractivity contribution in [3.63, 3.8) is 0 Å². The van der Waals surface area contributed by atoms with Crippen LogP contribution in [0.3, 0.4) is 0 Å². The van der Waals surface area contributed by atoms with Crippen LogP contribution >= 0.6 is 11.6 Å².